The Balaban J connectivity index is 2.37. The van der Waals surface area contributed by atoms with Crippen LogP contribution in [0.15, 0.2) is 18.2 Å². The number of hydrogen-bond donors (Lipinski definition) is 1. The van der Waals surface area contributed by atoms with Gasteiger partial charge in [-0.25, -0.2) is 0 Å². The van der Waals surface area contributed by atoms with E-state index >= 15 is 0 Å². The van der Waals surface area contributed by atoms with Crippen molar-refractivity contribution in [2.45, 2.75) is 26.7 Å². The maximum absolute atomic E-state index is 11.9. The van der Waals surface area contributed by atoms with Crippen molar-refractivity contribution in [2.24, 2.45) is 5.73 Å². The highest BCUT2D eigenvalue weighted by Gasteiger charge is 2.23. The predicted molar refractivity (Wildman–Crippen MR) is 81.2 cm³/mol. The number of aromatic nitrogens is 1. The molecule has 0 spiro atoms. The van der Waals surface area contributed by atoms with Crippen LogP contribution < -0.4 is 10.6 Å². The Labute approximate surface area is 118 Å². The summed E-state index contributed by atoms with van der Waals surface area (Å²) in [4.78, 5) is 18.7. The fourth-order valence-electron chi connectivity index (χ4n) is 3.04. The lowest BCUT2D eigenvalue weighted by Crippen LogP contribution is -2.25. The smallest absolute Gasteiger partial charge is 0.252 e. The molecule has 2 heterocycles. The summed E-state index contributed by atoms with van der Waals surface area (Å²) < 4.78 is 0. The van der Waals surface area contributed by atoms with Crippen molar-refractivity contribution < 1.29 is 4.79 Å². The number of pyridine rings is 1. The molecule has 4 nitrogen and oxygen atoms in total. The number of aryl methyl sites for hydroxylation is 2. The molecule has 1 aliphatic rings. The van der Waals surface area contributed by atoms with Crippen molar-refractivity contribution in [3.63, 3.8) is 0 Å². The molecule has 1 fully saturated rings. The fourth-order valence-corrected chi connectivity index (χ4v) is 3.04. The minimum absolute atomic E-state index is 0.389. The Bertz CT molecular complexity index is 688. The molecule has 0 radical (unpaired) electrons. The summed E-state index contributed by atoms with van der Waals surface area (Å²) in [5.41, 5.74) is 9.97. The monoisotopic (exact) mass is 269 g/mol. The Hall–Kier alpha value is -2.10. The number of rotatable bonds is 2. The second kappa shape index (κ2) is 4.78. The molecule has 104 valence electrons. The van der Waals surface area contributed by atoms with Crippen molar-refractivity contribution in [1.82, 2.24) is 4.98 Å². The van der Waals surface area contributed by atoms with E-state index in [9.17, 15) is 4.79 Å². The van der Waals surface area contributed by atoms with Gasteiger partial charge in [0.15, 0.2) is 0 Å². The van der Waals surface area contributed by atoms with Gasteiger partial charge in [0.05, 0.1) is 22.5 Å². The zero-order valence-corrected chi connectivity index (χ0v) is 11.9. The fraction of sp³-hybridized carbons (Fsp3) is 0.375. The SMILES string of the molecule is Cc1ccc2nc(C)c(C(N)=O)c(N3CCCC3)c2c1. The Morgan fingerprint density at radius 2 is 1.95 bits per heavy atom. The maximum Gasteiger partial charge on any atom is 0.252 e. The highest BCUT2D eigenvalue weighted by Crippen LogP contribution is 2.34. The Kier molecular flexibility index (Phi) is 3.08. The molecule has 1 aromatic heterocycles. The molecule has 0 unspecified atom stereocenters. The number of primary amides is 1. The van der Waals surface area contributed by atoms with Crippen molar-refractivity contribution >= 4 is 22.5 Å². The molecule has 3 rings (SSSR count). The van der Waals surface area contributed by atoms with E-state index in [1.165, 1.54) is 5.56 Å². The summed E-state index contributed by atoms with van der Waals surface area (Å²) in [5.74, 6) is -0.389. The van der Waals surface area contributed by atoms with Crippen molar-refractivity contribution in [2.75, 3.05) is 18.0 Å². The van der Waals surface area contributed by atoms with Gasteiger partial charge in [-0.05, 0) is 38.8 Å². The summed E-state index contributed by atoms with van der Waals surface area (Å²) in [6, 6.07) is 6.16. The first-order valence-electron chi connectivity index (χ1n) is 7.03. The standard InChI is InChI=1S/C16H19N3O/c1-10-5-6-13-12(9-10)15(19-7-3-4-8-19)14(16(17)20)11(2)18-13/h5-6,9H,3-4,7-8H2,1-2H3,(H2,17,20). The average molecular weight is 269 g/mol. The number of nitrogens with two attached hydrogens (primary N) is 1. The summed E-state index contributed by atoms with van der Waals surface area (Å²) in [5, 5.41) is 1.03. The third kappa shape index (κ3) is 2.01. The van der Waals surface area contributed by atoms with Crippen LogP contribution in [-0.2, 0) is 0 Å². The zero-order valence-electron chi connectivity index (χ0n) is 11.9. The Morgan fingerprint density at radius 1 is 1.25 bits per heavy atom. The van der Waals surface area contributed by atoms with Crippen LogP contribution in [0.3, 0.4) is 0 Å². The highest BCUT2D eigenvalue weighted by molar-refractivity contribution is 6.08. The van der Waals surface area contributed by atoms with E-state index < -0.39 is 0 Å². The molecule has 4 heteroatoms. The van der Waals surface area contributed by atoms with Gasteiger partial charge in [-0.2, -0.15) is 0 Å². The van der Waals surface area contributed by atoms with E-state index in [0.717, 1.165) is 48.2 Å². The second-order valence-corrected chi connectivity index (χ2v) is 5.50. The van der Waals surface area contributed by atoms with E-state index in [4.69, 9.17) is 5.73 Å². The van der Waals surface area contributed by atoms with Gasteiger partial charge in [-0.3, -0.25) is 9.78 Å². The van der Waals surface area contributed by atoms with Gasteiger partial charge in [0.2, 0.25) is 0 Å². The molecule has 1 saturated heterocycles. The highest BCUT2D eigenvalue weighted by atomic mass is 16.1. The van der Waals surface area contributed by atoms with E-state index in [0.29, 0.717) is 5.56 Å². The largest absolute Gasteiger partial charge is 0.370 e. The molecule has 1 aliphatic heterocycles. The first kappa shape index (κ1) is 12.9. The minimum atomic E-state index is -0.389. The van der Waals surface area contributed by atoms with E-state index in [1.54, 1.807) is 0 Å². The first-order valence-corrected chi connectivity index (χ1v) is 7.03. The summed E-state index contributed by atoms with van der Waals surface area (Å²) in [6.07, 6.45) is 2.32. The number of hydrogen-bond acceptors (Lipinski definition) is 3. The third-order valence-electron chi connectivity index (χ3n) is 3.96. The van der Waals surface area contributed by atoms with Gasteiger partial charge in [-0.1, -0.05) is 11.6 Å². The van der Waals surface area contributed by atoms with Gasteiger partial charge >= 0.3 is 0 Å². The predicted octanol–water partition coefficient (Wildman–Crippen LogP) is 2.55. The molecule has 0 atom stereocenters. The third-order valence-corrected chi connectivity index (χ3v) is 3.96. The van der Waals surface area contributed by atoms with Crippen LogP contribution >= 0.6 is 0 Å². The van der Waals surface area contributed by atoms with Crippen molar-refractivity contribution in [3.05, 3.63) is 35.0 Å². The molecule has 0 aliphatic carbocycles. The van der Waals surface area contributed by atoms with Gasteiger partial charge < -0.3 is 10.6 Å². The van der Waals surface area contributed by atoms with Gasteiger partial charge in [0.1, 0.15) is 0 Å². The molecule has 1 amide bonds. The van der Waals surface area contributed by atoms with E-state index in [-0.39, 0.29) is 5.91 Å². The number of carbonyl (C=O) groups is 1. The molecule has 0 saturated carbocycles. The van der Waals surface area contributed by atoms with E-state index in [1.807, 2.05) is 19.1 Å². The molecular weight excluding hydrogens is 250 g/mol. The lowest BCUT2D eigenvalue weighted by molar-refractivity contribution is 0.1000. The Morgan fingerprint density at radius 3 is 2.60 bits per heavy atom. The van der Waals surface area contributed by atoms with Crippen LogP contribution in [0.1, 0.15) is 34.5 Å². The van der Waals surface area contributed by atoms with E-state index in [2.05, 4.69) is 22.9 Å². The molecule has 2 N–H and O–H groups in total. The number of carbonyl (C=O) groups excluding carboxylic acids is 1. The number of fused-ring (bicyclic) bond motifs is 1. The van der Waals surface area contributed by atoms with Crippen LogP contribution in [0, 0.1) is 13.8 Å². The minimum Gasteiger partial charge on any atom is -0.370 e. The summed E-state index contributed by atoms with van der Waals surface area (Å²) in [6.45, 7) is 5.87. The van der Waals surface area contributed by atoms with Crippen molar-refractivity contribution in [1.29, 1.82) is 0 Å². The quantitative estimate of drug-likeness (QED) is 0.911. The second-order valence-electron chi connectivity index (χ2n) is 5.50. The van der Waals surface area contributed by atoms with Gasteiger partial charge in [0, 0.05) is 18.5 Å². The van der Waals surface area contributed by atoms with Crippen LogP contribution in [-0.4, -0.2) is 24.0 Å². The average Bonchev–Trinajstić information content (AvgIpc) is 2.91. The number of amides is 1. The lowest BCUT2D eigenvalue weighted by Gasteiger charge is -2.23. The van der Waals surface area contributed by atoms with Crippen molar-refractivity contribution in [3.8, 4) is 0 Å². The molecule has 2 aromatic rings. The molecule has 20 heavy (non-hydrogen) atoms. The molecule has 0 bridgehead atoms. The topological polar surface area (TPSA) is 59.2 Å². The first-order chi connectivity index (χ1) is 9.58. The van der Waals surface area contributed by atoms with Gasteiger partial charge in [0.25, 0.3) is 5.91 Å². The number of benzene rings is 1. The molecular formula is C16H19N3O. The van der Waals surface area contributed by atoms with Crippen LogP contribution in [0.5, 0.6) is 0 Å². The van der Waals surface area contributed by atoms with Crippen LogP contribution in [0.2, 0.25) is 0 Å². The number of nitrogens with zero attached hydrogens (tertiary/aromatic N) is 2. The summed E-state index contributed by atoms with van der Waals surface area (Å²) in [7, 11) is 0. The normalized spacial score (nSPS) is 15.0. The van der Waals surface area contributed by atoms with Gasteiger partial charge in [-0.15, -0.1) is 0 Å². The number of anilines is 1. The summed E-state index contributed by atoms with van der Waals surface area (Å²) >= 11 is 0. The van der Waals surface area contributed by atoms with Crippen LogP contribution in [0.4, 0.5) is 5.69 Å². The zero-order chi connectivity index (χ0) is 14.3. The lowest BCUT2D eigenvalue weighted by atomic mass is 10.0. The molecule has 1 aromatic carbocycles. The van der Waals surface area contributed by atoms with Crippen LogP contribution in [0.25, 0.3) is 10.9 Å². The maximum atomic E-state index is 11.9.